The van der Waals surface area contributed by atoms with Crippen molar-refractivity contribution < 1.29 is 9.53 Å². The van der Waals surface area contributed by atoms with E-state index >= 15 is 0 Å². The summed E-state index contributed by atoms with van der Waals surface area (Å²) in [4.78, 5) is 29.2. The molecule has 0 saturated carbocycles. The highest BCUT2D eigenvalue weighted by Crippen LogP contribution is 2.28. The van der Waals surface area contributed by atoms with Crippen molar-refractivity contribution in [2.24, 2.45) is 0 Å². The molecule has 0 radical (unpaired) electrons. The summed E-state index contributed by atoms with van der Waals surface area (Å²) in [6.45, 7) is 8.15. The first-order valence-corrected chi connectivity index (χ1v) is 11.3. The summed E-state index contributed by atoms with van der Waals surface area (Å²) >= 11 is 0. The van der Waals surface area contributed by atoms with Gasteiger partial charge >= 0.3 is 0 Å². The van der Waals surface area contributed by atoms with E-state index in [1.54, 1.807) is 6.33 Å². The number of hydrogen-bond donors (Lipinski definition) is 0. The molecule has 0 N–H and O–H groups in total. The smallest absolute Gasteiger partial charge is 0.240 e. The molecule has 0 aliphatic carbocycles. The molecular formula is C23H31N5O2. The minimum absolute atomic E-state index is 0.0353. The molecule has 1 aromatic carbocycles. The lowest BCUT2D eigenvalue weighted by molar-refractivity contribution is -0.145. The van der Waals surface area contributed by atoms with E-state index in [-0.39, 0.29) is 6.04 Å². The first kappa shape index (κ1) is 19.7. The van der Waals surface area contributed by atoms with E-state index in [1.165, 1.54) is 5.56 Å². The Kier molecular flexibility index (Phi) is 5.56. The largest absolute Gasteiger partial charge is 0.381 e. The van der Waals surface area contributed by atoms with Crippen LogP contribution in [0.5, 0.6) is 0 Å². The van der Waals surface area contributed by atoms with Gasteiger partial charge in [-0.25, -0.2) is 9.97 Å². The fourth-order valence-electron chi connectivity index (χ4n) is 5.23. The van der Waals surface area contributed by atoms with Gasteiger partial charge in [-0.1, -0.05) is 11.6 Å². The molecule has 5 rings (SSSR count). The second-order valence-corrected chi connectivity index (χ2v) is 8.77. The van der Waals surface area contributed by atoms with E-state index < -0.39 is 0 Å². The Labute approximate surface area is 178 Å². The zero-order chi connectivity index (χ0) is 20.5. The van der Waals surface area contributed by atoms with Crippen molar-refractivity contribution in [3.8, 4) is 0 Å². The van der Waals surface area contributed by atoms with Gasteiger partial charge in [0.15, 0.2) is 0 Å². The maximum absolute atomic E-state index is 13.3. The number of aryl methyl sites for hydroxylation is 1. The quantitative estimate of drug-likeness (QED) is 0.775. The lowest BCUT2D eigenvalue weighted by Gasteiger charge is -2.45. The number of piperazine rings is 1. The minimum Gasteiger partial charge on any atom is -0.381 e. The number of benzene rings is 1. The van der Waals surface area contributed by atoms with Gasteiger partial charge in [-0.15, -0.1) is 0 Å². The van der Waals surface area contributed by atoms with Crippen molar-refractivity contribution in [2.45, 2.75) is 44.7 Å². The van der Waals surface area contributed by atoms with Crippen molar-refractivity contribution in [1.29, 1.82) is 0 Å². The van der Waals surface area contributed by atoms with Crippen LogP contribution in [0.2, 0.25) is 0 Å². The fraction of sp³-hybridized carbons (Fsp3) is 0.609. The standard InChI is InChI=1S/C23H31N5O2/c1-17-4-5-20-19(15-17)22(25-16-24-20)27-11-9-26(10-12-27)21-3-2-8-28(23(21)29)18-6-13-30-14-7-18/h4-5,15-16,18,21H,2-3,6-14H2,1H3/t21-/m0/s1. The van der Waals surface area contributed by atoms with Gasteiger partial charge in [-0.2, -0.15) is 0 Å². The maximum atomic E-state index is 13.3. The lowest BCUT2D eigenvalue weighted by atomic mass is 9.97. The number of likely N-dealkylation sites (tertiary alicyclic amines) is 1. The van der Waals surface area contributed by atoms with Gasteiger partial charge in [0.25, 0.3) is 0 Å². The zero-order valence-electron chi connectivity index (χ0n) is 17.8. The van der Waals surface area contributed by atoms with Crippen molar-refractivity contribution >= 4 is 22.6 Å². The van der Waals surface area contributed by atoms with Crippen molar-refractivity contribution in [2.75, 3.05) is 50.8 Å². The molecule has 1 aromatic heterocycles. The molecule has 7 nitrogen and oxygen atoms in total. The molecule has 4 heterocycles. The van der Waals surface area contributed by atoms with Gasteiger partial charge in [-0.05, 0) is 44.7 Å². The number of carbonyl (C=O) groups is 1. The van der Waals surface area contributed by atoms with Crippen molar-refractivity contribution in [3.63, 3.8) is 0 Å². The van der Waals surface area contributed by atoms with Gasteiger partial charge in [0.1, 0.15) is 12.1 Å². The summed E-state index contributed by atoms with van der Waals surface area (Å²) in [5.41, 5.74) is 2.21. The molecule has 0 bridgehead atoms. The molecule has 7 heteroatoms. The van der Waals surface area contributed by atoms with Crippen LogP contribution in [0.4, 0.5) is 5.82 Å². The zero-order valence-corrected chi connectivity index (χ0v) is 17.8. The van der Waals surface area contributed by atoms with Crippen molar-refractivity contribution in [3.05, 3.63) is 30.1 Å². The van der Waals surface area contributed by atoms with Crippen LogP contribution in [0.25, 0.3) is 10.9 Å². The van der Waals surface area contributed by atoms with E-state index in [0.717, 1.165) is 88.3 Å². The predicted octanol–water partition coefficient (Wildman–Crippen LogP) is 2.23. The van der Waals surface area contributed by atoms with Crippen molar-refractivity contribution in [1.82, 2.24) is 19.8 Å². The second-order valence-electron chi connectivity index (χ2n) is 8.77. The third kappa shape index (κ3) is 3.76. The number of carbonyl (C=O) groups excluding carboxylic acids is 1. The molecule has 3 aliphatic heterocycles. The minimum atomic E-state index is 0.0353. The Morgan fingerprint density at radius 2 is 1.80 bits per heavy atom. The molecular weight excluding hydrogens is 378 g/mol. The average molecular weight is 410 g/mol. The molecule has 3 saturated heterocycles. The normalized spacial score (nSPS) is 24.6. The summed E-state index contributed by atoms with van der Waals surface area (Å²) in [6.07, 6.45) is 5.70. The monoisotopic (exact) mass is 409 g/mol. The average Bonchev–Trinajstić information content (AvgIpc) is 2.79. The van der Waals surface area contributed by atoms with Gasteiger partial charge in [0.05, 0.1) is 11.6 Å². The number of hydrogen-bond acceptors (Lipinski definition) is 6. The van der Waals surface area contributed by atoms with Crippen LogP contribution in [0.3, 0.4) is 0 Å². The number of nitrogens with zero attached hydrogens (tertiary/aromatic N) is 5. The third-order valence-corrected chi connectivity index (χ3v) is 6.90. The van der Waals surface area contributed by atoms with Crippen LogP contribution >= 0.6 is 0 Å². The summed E-state index contributed by atoms with van der Waals surface area (Å²) in [5.74, 6) is 1.35. The van der Waals surface area contributed by atoms with E-state index in [1.807, 2.05) is 0 Å². The molecule has 0 unspecified atom stereocenters. The van der Waals surface area contributed by atoms with Crippen LogP contribution in [0, 0.1) is 6.92 Å². The molecule has 3 aliphatic rings. The number of aromatic nitrogens is 2. The van der Waals surface area contributed by atoms with Crippen LogP contribution < -0.4 is 4.90 Å². The topological polar surface area (TPSA) is 61.8 Å². The highest BCUT2D eigenvalue weighted by Gasteiger charge is 2.38. The van der Waals surface area contributed by atoms with Crippen LogP contribution in [-0.2, 0) is 9.53 Å². The Morgan fingerprint density at radius 1 is 1.00 bits per heavy atom. The molecule has 160 valence electrons. The number of amides is 1. The predicted molar refractivity (Wildman–Crippen MR) is 117 cm³/mol. The van der Waals surface area contributed by atoms with Gasteiger partial charge in [0, 0.05) is 57.4 Å². The summed E-state index contributed by atoms with van der Waals surface area (Å²) < 4.78 is 5.50. The number of rotatable bonds is 3. The van der Waals surface area contributed by atoms with Crippen LogP contribution in [-0.4, -0.2) is 83.7 Å². The highest BCUT2D eigenvalue weighted by atomic mass is 16.5. The Hall–Kier alpha value is -2.25. The lowest BCUT2D eigenvalue weighted by Crippen LogP contribution is -2.59. The Bertz CT molecular complexity index is 906. The first-order valence-electron chi connectivity index (χ1n) is 11.3. The van der Waals surface area contributed by atoms with Gasteiger partial charge in [0.2, 0.25) is 5.91 Å². The van der Waals surface area contributed by atoms with E-state index in [2.05, 4.69) is 49.8 Å². The Balaban J connectivity index is 1.27. The first-order chi connectivity index (χ1) is 14.7. The van der Waals surface area contributed by atoms with E-state index in [9.17, 15) is 4.79 Å². The van der Waals surface area contributed by atoms with E-state index in [0.29, 0.717) is 11.9 Å². The number of ether oxygens (including phenoxy) is 1. The SMILES string of the molecule is Cc1ccc2ncnc(N3CCN([C@H]4CCCN(C5CCOCC5)C4=O)CC3)c2c1. The Morgan fingerprint density at radius 3 is 2.60 bits per heavy atom. The number of anilines is 1. The second kappa shape index (κ2) is 8.47. The molecule has 3 fully saturated rings. The van der Waals surface area contributed by atoms with E-state index in [4.69, 9.17) is 4.74 Å². The number of fused-ring (bicyclic) bond motifs is 1. The summed E-state index contributed by atoms with van der Waals surface area (Å²) in [6, 6.07) is 6.74. The maximum Gasteiger partial charge on any atom is 0.240 e. The van der Waals surface area contributed by atoms with Gasteiger partial charge < -0.3 is 14.5 Å². The van der Waals surface area contributed by atoms with Crippen LogP contribution in [0.1, 0.15) is 31.2 Å². The molecule has 30 heavy (non-hydrogen) atoms. The summed E-state index contributed by atoms with van der Waals surface area (Å²) in [5, 5.41) is 1.12. The fourth-order valence-corrected chi connectivity index (χ4v) is 5.23. The third-order valence-electron chi connectivity index (χ3n) is 6.90. The summed E-state index contributed by atoms with van der Waals surface area (Å²) in [7, 11) is 0. The van der Waals surface area contributed by atoms with Crippen LogP contribution in [0.15, 0.2) is 24.5 Å². The number of piperidine rings is 1. The molecule has 2 aromatic rings. The molecule has 1 atom stereocenters. The highest BCUT2D eigenvalue weighted by molar-refractivity contribution is 5.90. The molecule has 0 spiro atoms. The van der Waals surface area contributed by atoms with Gasteiger partial charge in [-0.3, -0.25) is 9.69 Å². The molecule has 1 amide bonds.